The van der Waals surface area contributed by atoms with Crippen LogP contribution in [0.4, 0.5) is 0 Å². The van der Waals surface area contributed by atoms with Gasteiger partial charge in [0.2, 0.25) is 5.91 Å². The molecule has 5 heteroatoms. The molecular formula is C11H14N2O3. The van der Waals surface area contributed by atoms with E-state index in [0.29, 0.717) is 6.54 Å². The number of methoxy groups -OCH3 is 1. The first kappa shape index (κ1) is 12.2. The SMILES string of the molecule is COC(=O)CC(=O)N(C)Cc1ccccn1. The summed E-state index contributed by atoms with van der Waals surface area (Å²) in [7, 11) is 2.88. The fraction of sp³-hybridized carbons (Fsp3) is 0.364. The highest BCUT2D eigenvalue weighted by atomic mass is 16.5. The largest absolute Gasteiger partial charge is 0.469 e. The maximum Gasteiger partial charge on any atom is 0.315 e. The number of ether oxygens (including phenoxy) is 1. The van der Waals surface area contributed by atoms with Crippen LogP contribution >= 0.6 is 0 Å². The Kier molecular flexibility index (Phi) is 4.44. The van der Waals surface area contributed by atoms with Crippen molar-refractivity contribution in [1.29, 1.82) is 0 Å². The van der Waals surface area contributed by atoms with Gasteiger partial charge in [-0.1, -0.05) is 6.07 Å². The summed E-state index contributed by atoms with van der Waals surface area (Å²) < 4.78 is 4.42. The zero-order valence-electron chi connectivity index (χ0n) is 9.34. The lowest BCUT2D eigenvalue weighted by Gasteiger charge is -2.15. The smallest absolute Gasteiger partial charge is 0.315 e. The number of aromatic nitrogens is 1. The number of carbonyl (C=O) groups is 2. The third kappa shape index (κ3) is 3.68. The molecule has 0 aliphatic carbocycles. The second-order valence-electron chi connectivity index (χ2n) is 3.32. The van der Waals surface area contributed by atoms with Crippen LogP contribution in [0.2, 0.25) is 0 Å². The normalized spacial score (nSPS) is 9.62. The number of hydrogen-bond donors (Lipinski definition) is 0. The van der Waals surface area contributed by atoms with Crippen LogP contribution in [0.5, 0.6) is 0 Å². The fourth-order valence-corrected chi connectivity index (χ4v) is 1.15. The standard InChI is InChI=1S/C11H14N2O3/c1-13(10(14)7-11(15)16-2)8-9-5-3-4-6-12-9/h3-6H,7-8H2,1-2H3. The van der Waals surface area contributed by atoms with E-state index in [1.165, 1.54) is 12.0 Å². The molecule has 1 rings (SSSR count). The van der Waals surface area contributed by atoms with Crippen molar-refractivity contribution in [3.63, 3.8) is 0 Å². The van der Waals surface area contributed by atoms with Gasteiger partial charge in [0.05, 0.1) is 19.3 Å². The summed E-state index contributed by atoms with van der Waals surface area (Å²) in [6.45, 7) is 0.386. The van der Waals surface area contributed by atoms with E-state index in [2.05, 4.69) is 9.72 Å². The molecular weight excluding hydrogens is 208 g/mol. The molecule has 0 saturated heterocycles. The summed E-state index contributed by atoms with van der Waals surface area (Å²) in [5.41, 5.74) is 0.781. The van der Waals surface area contributed by atoms with Crippen LogP contribution in [0.25, 0.3) is 0 Å². The molecule has 0 aliphatic rings. The van der Waals surface area contributed by atoms with Crippen LogP contribution in [-0.4, -0.2) is 35.9 Å². The highest BCUT2D eigenvalue weighted by Gasteiger charge is 2.14. The van der Waals surface area contributed by atoms with Gasteiger partial charge in [-0.3, -0.25) is 14.6 Å². The monoisotopic (exact) mass is 222 g/mol. The van der Waals surface area contributed by atoms with E-state index in [1.807, 2.05) is 12.1 Å². The van der Waals surface area contributed by atoms with Crippen molar-refractivity contribution in [2.45, 2.75) is 13.0 Å². The molecule has 0 atom stereocenters. The van der Waals surface area contributed by atoms with Gasteiger partial charge >= 0.3 is 5.97 Å². The molecule has 0 unspecified atom stereocenters. The van der Waals surface area contributed by atoms with Crippen molar-refractivity contribution < 1.29 is 14.3 Å². The van der Waals surface area contributed by atoms with Crippen LogP contribution in [0.3, 0.4) is 0 Å². The molecule has 0 saturated carbocycles. The number of carbonyl (C=O) groups excluding carboxylic acids is 2. The maximum atomic E-state index is 11.5. The molecule has 5 nitrogen and oxygen atoms in total. The zero-order chi connectivity index (χ0) is 12.0. The van der Waals surface area contributed by atoms with Gasteiger partial charge in [0, 0.05) is 13.2 Å². The molecule has 16 heavy (non-hydrogen) atoms. The van der Waals surface area contributed by atoms with Crippen LogP contribution < -0.4 is 0 Å². The molecule has 0 aromatic carbocycles. The minimum atomic E-state index is -0.530. The number of pyridine rings is 1. The Balaban J connectivity index is 2.49. The molecule has 0 fully saturated rings. The molecule has 0 radical (unpaired) electrons. The minimum Gasteiger partial charge on any atom is -0.469 e. The number of hydrogen-bond acceptors (Lipinski definition) is 4. The molecule has 0 aliphatic heterocycles. The van der Waals surface area contributed by atoms with Gasteiger partial charge in [0.15, 0.2) is 0 Å². The van der Waals surface area contributed by atoms with E-state index in [4.69, 9.17) is 0 Å². The Bertz CT molecular complexity index is 365. The van der Waals surface area contributed by atoms with Crippen molar-refractivity contribution in [2.24, 2.45) is 0 Å². The lowest BCUT2D eigenvalue weighted by molar-refractivity contribution is -0.146. The van der Waals surface area contributed by atoms with Crippen LogP contribution in [0, 0.1) is 0 Å². The van der Waals surface area contributed by atoms with Crippen molar-refractivity contribution in [3.05, 3.63) is 30.1 Å². The Morgan fingerprint density at radius 3 is 2.75 bits per heavy atom. The fourth-order valence-electron chi connectivity index (χ4n) is 1.15. The quantitative estimate of drug-likeness (QED) is 0.553. The third-order valence-electron chi connectivity index (χ3n) is 2.07. The number of nitrogens with zero attached hydrogens (tertiary/aromatic N) is 2. The topological polar surface area (TPSA) is 59.5 Å². The van der Waals surface area contributed by atoms with Crippen molar-refractivity contribution >= 4 is 11.9 Å². The predicted molar refractivity (Wildman–Crippen MR) is 57.3 cm³/mol. The van der Waals surface area contributed by atoms with Gasteiger partial charge in [-0.15, -0.1) is 0 Å². The number of esters is 1. The summed E-state index contributed by atoms with van der Waals surface area (Å²) in [6.07, 6.45) is 1.42. The van der Waals surface area contributed by atoms with Crippen LogP contribution in [0.1, 0.15) is 12.1 Å². The van der Waals surface area contributed by atoms with Gasteiger partial charge in [-0.2, -0.15) is 0 Å². The number of amides is 1. The molecule has 0 N–H and O–H groups in total. The first-order valence-electron chi connectivity index (χ1n) is 4.84. The average Bonchev–Trinajstić information content (AvgIpc) is 2.30. The van der Waals surface area contributed by atoms with Crippen LogP contribution in [0.15, 0.2) is 24.4 Å². The maximum absolute atomic E-state index is 11.5. The lowest BCUT2D eigenvalue weighted by atomic mass is 10.3. The average molecular weight is 222 g/mol. The summed E-state index contributed by atoms with van der Waals surface area (Å²) in [4.78, 5) is 27.9. The van der Waals surface area contributed by atoms with Crippen molar-refractivity contribution in [3.8, 4) is 0 Å². The summed E-state index contributed by atoms with van der Waals surface area (Å²) >= 11 is 0. The Hall–Kier alpha value is -1.91. The Morgan fingerprint density at radius 2 is 2.19 bits per heavy atom. The summed E-state index contributed by atoms with van der Waals surface area (Å²) in [5, 5.41) is 0. The highest BCUT2D eigenvalue weighted by Crippen LogP contribution is 2.01. The van der Waals surface area contributed by atoms with Gasteiger partial charge in [0.1, 0.15) is 6.42 Å². The van der Waals surface area contributed by atoms with E-state index in [9.17, 15) is 9.59 Å². The van der Waals surface area contributed by atoms with Gasteiger partial charge in [0.25, 0.3) is 0 Å². The summed E-state index contributed by atoms with van der Waals surface area (Å²) in [6, 6.07) is 5.47. The first-order valence-corrected chi connectivity index (χ1v) is 4.84. The Morgan fingerprint density at radius 1 is 1.44 bits per heavy atom. The molecule has 1 aromatic rings. The molecule has 0 spiro atoms. The van der Waals surface area contributed by atoms with E-state index in [-0.39, 0.29) is 12.3 Å². The minimum absolute atomic E-state index is 0.236. The molecule has 0 bridgehead atoms. The van der Waals surface area contributed by atoms with Gasteiger partial charge in [-0.05, 0) is 12.1 Å². The predicted octanol–water partition coefficient (Wildman–Crippen LogP) is 0.603. The lowest BCUT2D eigenvalue weighted by Crippen LogP contribution is -2.28. The Labute approximate surface area is 94.0 Å². The second kappa shape index (κ2) is 5.85. The van der Waals surface area contributed by atoms with E-state index in [0.717, 1.165) is 5.69 Å². The second-order valence-corrected chi connectivity index (χ2v) is 3.32. The summed E-state index contributed by atoms with van der Waals surface area (Å²) in [5.74, 6) is -0.810. The van der Waals surface area contributed by atoms with Crippen LogP contribution in [-0.2, 0) is 20.9 Å². The third-order valence-corrected chi connectivity index (χ3v) is 2.07. The highest BCUT2D eigenvalue weighted by molar-refractivity contribution is 5.94. The number of rotatable bonds is 4. The molecule has 1 amide bonds. The first-order chi connectivity index (χ1) is 7.63. The van der Waals surface area contributed by atoms with E-state index >= 15 is 0 Å². The van der Waals surface area contributed by atoms with E-state index in [1.54, 1.807) is 19.3 Å². The van der Waals surface area contributed by atoms with Crippen molar-refractivity contribution in [2.75, 3.05) is 14.2 Å². The van der Waals surface area contributed by atoms with Crippen molar-refractivity contribution in [1.82, 2.24) is 9.88 Å². The molecule has 1 aromatic heterocycles. The van der Waals surface area contributed by atoms with Gasteiger partial charge < -0.3 is 9.64 Å². The zero-order valence-corrected chi connectivity index (χ0v) is 9.34. The van der Waals surface area contributed by atoms with E-state index < -0.39 is 5.97 Å². The van der Waals surface area contributed by atoms with Gasteiger partial charge in [-0.25, -0.2) is 0 Å². The molecule has 1 heterocycles. The molecule has 86 valence electrons.